The van der Waals surface area contributed by atoms with E-state index < -0.39 is 16.8 Å². The second kappa shape index (κ2) is 7.10. The van der Waals surface area contributed by atoms with Crippen LogP contribution in [0.25, 0.3) is 0 Å². The number of hydrogen-bond donors (Lipinski definition) is 2. The van der Waals surface area contributed by atoms with Gasteiger partial charge in [0.2, 0.25) is 11.9 Å². The first-order valence-corrected chi connectivity index (χ1v) is 9.95. The molecule has 1 aliphatic heterocycles. The first-order valence-electron chi connectivity index (χ1n) is 9.95. The number of aliphatic carboxylic acids is 1. The Morgan fingerprint density at radius 2 is 2.00 bits per heavy atom. The van der Waals surface area contributed by atoms with Gasteiger partial charge in [-0.2, -0.15) is 10.2 Å². The molecule has 2 heterocycles. The van der Waals surface area contributed by atoms with Gasteiger partial charge in [-0.25, -0.2) is 4.98 Å². The number of carbonyl (C=O) groups is 2. The van der Waals surface area contributed by atoms with Crippen LogP contribution in [0.5, 0.6) is 0 Å². The monoisotopic (exact) mass is 405 g/mol. The molecule has 154 valence electrons. The van der Waals surface area contributed by atoms with Gasteiger partial charge in [-0.05, 0) is 62.8 Å². The largest absolute Gasteiger partial charge is 0.481 e. The Morgan fingerprint density at radius 3 is 2.60 bits per heavy atom. The number of nitrogens with zero attached hydrogens (tertiary/aromatic N) is 4. The fraction of sp³-hybridized carbons (Fsp3) is 0.409. The van der Waals surface area contributed by atoms with Gasteiger partial charge < -0.3 is 10.4 Å². The number of rotatable bonds is 6. The van der Waals surface area contributed by atoms with Gasteiger partial charge in [-0.1, -0.05) is 12.1 Å². The smallest absolute Gasteiger partial charge is 0.313 e. The summed E-state index contributed by atoms with van der Waals surface area (Å²) in [6, 6.07) is 11.0. The first-order chi connectivity index (χ1) is 14.3. The average Bonchev–Trinajstić information content (AvgIpc) is 3.52. The Balaban J connectivity index is 1.52. The summed E-state index contributed by atoms with van der Waals surface area (Å²) >= 11 is 0. The molecule has 8 nitrogen and oxygen atoms in total. The minimum atomic E-state index is -0.986. The topological polar surface area (TPSA) is 119 Å². The van der Waals surface area contributed by atoms with Gasteiger partial charge >= 0.3 is 5.97 Å². The maximum atomic E-state index is 13.0. The van der Waals surface area contributed by atoms with Crippen LogP contribution in [-0.4, -0.2) is 33.5 Å². The zero-order valence-corrected chi connectivity index (χ0v) is 16.9. The Labute approximate surface area is 174 Å². The van der Waals surface area contributed by atoms with E-state index in [0.717, 1.165) is 12.8 Å². The number of carboxylic acids is 1. The molecule has 1 aliphatic carbocycles. The van der Waals surface area contributed by atoms with Crippen molar-refractivity contribution >= 4 is 29.3 Å². The zero-order valence-electron chi connectivity index (χ0n) is 16.9. The van der Waals surface area contributed by atoms with Crippen LogP contribution in [0.2, 0.25) is 0 Å². The minimum Gasteiger partial charge on any atom is -0.481 e. The van der Waals surface area contributed by atoms with E-state index in [-0.39, 0.29) is 11.8 Å². The summed E-state index contributed by atoms with van der Waals surface area (Å²) in [7, 11) is 0. The van der Waals surface area contributed by atoms with Crippen molar-refractivity contribution in [2.75, 3.05) is 16.8 Å². The van der Waals surface area contributed by atoms with Crippen LogP contribution >= 0.6 is 0 Å². The van der Waals surface area contributed by atoms with Gasteiger partial charge in [-0.15, -0.1) is 0 Å². The predicted octanol–water partition coefficient (Wildman–Crippen LogP) is 3.24. The third-order valence-corrected chi connectivity index (χ3v) is 6.15. The second-order valence-electron chi connectivity index (χ2n) is 8.44. The third kappa shape index (κ3) is 3.26. The summed E-state index contributed by atoms with van der Waals surface area (Å²) < 4.78 is 0. The number of benzene rings is 1. The fourth-order valence-corrected chi connectivity index (χ4v) is 3.89. The van der Waals surface area contributed by atoms with E-state index in [9.17, 15) is 20.0 Å². The van der Waals surface area contributed by atoms with E-state index >= 15 is 0 Å². The SMILES string of the molecule is CC(C)(C(=O)O)c1ccc(Nc2nccc(N3CC[C@@](C#N)(C4CC4)C3=O)n2)cc1. The molecule has 1 atom stereocenters. The van der Waals surface area contributed by atoms with Crippen LogP contribution in [-0.2, 0) is 15.0 Å². The number of carboxylic acid groups (broad SMARTS) is 1. The average molecular weight is 405 g/mol. The van der Waals surface area contributed by atoms with Gasteiger partial charge in [0.1, 0.15) is 11.2 Å². The molecular weight excluding hydrogens is 382 g/mol. The van der Waals surface area contributed by atoms with E-state index in [1.807, 2.05) is 0 Å². The molecule has 2 N–H and O–H groups in total. The number of nitrogens with one attached hydrogen (secondary N) is 1. The molecule has 0 bridgehead atoms. The Kier molecular flexibility index (Phi) is 4.69. The maximum absolute atomic E-state index is 13.0. The van der Waals surface area contributed by atoms with Crippen molar-refractivity contribution in [3.63, 3.8) is 0 Å². The number of carbonyl (C=O) groups excluding carboxylic acids is 1. The molecule has 2 aliphatic rings. The highest BCUT2D eigenvalue weighted by Gasteiger charge is 2.57. The molecule has 8 heteroatoms. The van der Waals surface area contributed by atoms with Crippen molar-refractivity contribution in [1.82, 2.24) is 9.97 Å². The molecule has 4 rings (SSSR count). The predicted molar refractivity (Wildman–Crippen MR) is 110 cm³/mol. The van der Waals surface area contributed by atoms with Crippen LogP contribution in [0.1, 0.15) is 38.7 Å². The highest BCUT2D eigenvalue weighted by Crippen LogP contribution is 2.51. The van der Waals surface area contributed by atoms with E-state index in [1.54, 1.807) is 55.3 Å². The second-order valence-corrected chi connectivity index (χ2v) is 8.44. The lowest BCUT2D eigenvalue weighted by molar-refractivity contribution is -0.142. The van der Waals surface area contributed by atoms with Crippen molar-refractivity contribution in [1.29, 1.82) is 5.26 Å². The van der Waals surface area contributed by atoms with Crippen molar-refractivity contribution in [2.45, 2.75) is 38.5 Å². The molecule has 2 fully saturated rings. The molecule has 0 unspecified atom stereocenters. The quantitative estimate of drug-likeness (QED) is 0.757. The van der Waals surface area contributed by atoms with E-state index in [0.29, 0.717) is 36.0 Å². The molecule has 0 radical (unpaired) electrons. The van der Waals surface area contributed by atoms with Crippen molar-refractivity contribution < 1.29 is 14.7 Å². The lowest BCUT2D eigenvalue weighted by Gasteiger charge is -2.21. The number of aromatic nitrogens is 2. The molecular formula is C22H23N5O3. The highest BCUT2D eigenvalue weighted by atomic mass is 16.4. The third-order valence-electron chi connectivity index (χ3n) is 6.15. The van der Waals surface area contributed by atoms with Crippen LogP contribution in [0.3, 0.4) is 0 Å². The van der Waals surface area contributed by atoms with Gasteiger partial charge in [-0.3, -0.25) is 14.5 Å². The first kappa shape index (κ1) is 19.8. The fourth-order valence-electron chi connectivity index (χ4n) is 3.89. The Morgan fingerprint density at radius 1 is 1.30 bits per heavy atom. The summed E-state index contributed by atoms with van der Waals surface area (Å²) in [5, 5.41) is 22.1. The lowest BCUT2D eigenvalue weighted by atomic mass is 9.83. The lowest BCUT2D eigenvalue weighted by Crippen LogP contribution is -2.35. The van der Waals surface area contributed by atoms with E-state index in [1.165, 1.54) is 0 Å². The van der Waals surface area contributed by atoms with Crippen LogP contribution < -0.4 is 10.2 Å². The number of anilines is 3. The van der Waals surface area contributed by atoms with Crippen LogP contribution in [0, 0.1) is 22.7 Å². The van der Waals surface area contributed by atoms with Crippen molar-refractivity contribution in [2.24, 2.45) is 11.3 Å². The number of hydrogen-bond acceptors (Lipinski definition) is 6. The summed E-state index contributed by atoms with van der Waals surface area (Å²) in [5.74, 6) is -0.107. The van der Waals surface area contributed by atoms with Crippen LogP contribution in [0.4, 0.5) is 17.5 Å². The summed E-state index contributed by atoms with van der Waals surface area (Å²) in [6.07, 6.45) is 3.96. The summed E-state index contributed by atoms with van der Waals surface area (Å²) in [4.78, 5) is 34.6. The van der Waals surface area contributed by atoms with E-state index in [4.69, 9.17) is 0 Å². The molecule has 0 spiro atoms. The van der Waals surface area contributed by atoms with Gasteiger partial charge in [0.25, 0.3) is 0 Å². The van der Waals surface area contributed by atoms with Gasteiger partial charge in [0.15, 0.2) is 0 Å². The Bertz CT molecular complexity index is 1040. The molecule has 1 aromatic heterocycles. The molecule has 30 heavy (non-hydrogen) atoms. The zero-order chi connectivity index (χ0) is 21.5. The van der Waals surface area contributed by atoms with Crippen molar-refractivity contribution in [3.05, 3.63) is 42.1 Å². The molecule has 1 saturated heterocycles. The highest BCUT2D eigenvalue weighted by molar-refractivity contribution is 6.01. The molecule has 2 aromatic rings. The summed E-state index contributed by atoms with van der Waals surface area (Å²) in [6.45, 7) is 3.78. The van der Waals surface area contributed by atoms with Crippen molar-refractivity contribution in [3.8, 4) is 6.07 Å². The molecule has 1 saturated carbocycles. The molecule has 1 amide bonds. The minimum absolute atomic E-state index is 0.160. The van der Waals surface area contributed by atoms with Gasteiger partial charge in [0, 0.05) is 18.4 Å². The van der Waals surface area contributed by atoms with E-state index in [2.05, 4.69) is 21.4 Å². The normalized spacial score (nSPS) is 21.4. The summed E-state index contributed by atoms with van der Waals surface area (Å²) in [5.41, 5.74) is -0.509. The maximum Gasteiger partial charge on any atom is 0.313 e. The number of amides is 1. The standard InChI is InChI=1S/C22H23N5O3/c1-21(2,19(29)30)14-5-7-16(8-6-14)25-20-24-11-9-17(26-20)27-12-10-22(13-23,18(27)28)15-3-4-15/h5-9,11,15H,3-4,10,12H2,1-2H3,(H,29,30)(H,24,25,26)/t22-/m1/s1. The van der Waals surface area contributed by atoms with Crippen LogP contribution in [0.15, 0.2) is 36.5 Å². The Hall–Kier alpha value is -3.47. The van der Waals surface area contributed by atoms with Gasteiger partial charge in [0.05, 0.1) is 11.5 Å². The molecule has 1 aromatic carbocycles. The number of nitriles is 1.